The quantitative estimate of drug-likeness (QED) is 0.444. The summed E-state index contributed by atoms with van der Waals surface area (Å²) in [7, 11) is 0. The standard InChI is InChI=1S/C23H25N5OS/c1-14(2)28-17(5)11-19(26-28)22(29)27(13-18-7-6-10-24-12-18)23-25-20-15(3)8-9-16(4)21(20)30-23/h6-12,14H,13H2,1-5H3. The Morgan fingerprint density at radius 2 is 1.93 bits per heavy atom. The van der Waals surface area contributed by atoms with Gasteiger partial charge in [-0.15, -0.1) is 0 Å². The predicted octanol–water partition coefficient (Wildman–Crippen LogP) is 5.24. The van der Waals surface area contributed by atoms with E-state index in [0.29, 0.717) is 17.4 Å². The third-order valence-electron chi connectivity index (χ3n) is 5.10. The maximum absolute atomic E-state index is 13.6. The second kappa shape index (κ2) is 7.99. The van der Waals surface area contributed by atoms with Crippen LogP contribution in [0.3, 0.4) is 0 Å². The first-order valence-corrected chi connectivity index (χ1v) is 10.8. The molecular weight excluding hydrogens is 394 g/mol. The van der Waals surface area contributed by atoms with Gasteiger partial charge in [-0.3, -0.25) is 19.4 Å². The zero-order chi connectivity index (χ0) is 21.4. The number of benzene rings is 1. The Balaban J connectivity index is 1.81. The fourth-order valence-electron chi connectivity index (χ4n) is 3.52. The van der Waals surface area contributed by atoms with Gasteiger partial charge in [0.1, 0.15) is 0 Å². The normalized spacial score (nSPS) is 11.4. The Morgan fingerprint density at radius 1 is 1.17 bits per heavy atom. The van der Waals surface area contributed by atoms with Crippen LogP contribution in [0.25, 0.3) is 10.2 Å². The summed E-state index contributed by atoms with van der Waals surface area (Å²) in [6, 6.07) is 10.0. The summed E-state index contributed by atoms with van der Waals surface area (Å²) < 4.78 is 2.99. The van der Waals surface area contributed by atoms with Crippen molar-refractivity contribution in [2.75, 3.05) is 4.90 Å². The van der Waals surface area contributed by atoms with Gasteiger partial charge in [0.15, 0.2) is 10.8 Å². The van der Waals surface area contributed by atoms with E-state index in [-0.39, 0.29) is 11.9 Å². The lowest BCUT2D eigenvalue weighted by atomic mass is 10.1. The second-order valence-electron chi connectivity index (χ2n) is 7.84. The van der Waals surface area contributed by atoms with Gasteiger partial charge in [0, 0.05) is 24.1 Å². The van der Waals surface area contributed by atoms with E-state index in [1.807, 2.05) is 36.7 Å². The summed E-state index contributed by atoms with van der Waals surface area (Å²) in [5.74, 6) is -0.157. The lowest BCUT2D eigenvalue weighted by Gasteiger charge is -2.18. The highest BCUT2D eigenvalue weighted by atomic mass is 32.1. The molecule has 0 bridgehead atoms. The Hall–Kier alpha value is -3.06. The van der Waals surface area contributed by atoms with E-state index >= 15 is 0 Å². The molecule has 0 atom stereocenters. The van der Waals surface area contributed by atoms with E-state index in [1.165, 1.54) is 0 Å². The van der Waals surface area contributed by atoms with Crippen LogP contribution in [0.5, 0.6) is 0 Å². The van der Waals surface area contributed by atoms with Crippen molar-refractivity contribution < 1.29 is 4.79 Å². The number of amides is 1. The Morgan fingerprint density at radius 3 is 2.57 bits per heavy atom. The predicted molar refractivity (Wildman–Crippen MR) is 121 cm³/mol. The average Bonchev–Trinajstić information content (AvgIpc) is 3.34. The van der Waals surface area contributed by atoms with E-state index in [2.05, 4.69) is 43.0 Å². The topological polar surface area (TPSA) is 63.9 Å². The van der Waals surface area contributed by atoms with Crippen LogP contribution < -0.4 is 4.90 Å². The molecule has 4 rings (SSSR count). The summed E-state index contributed by atoms with van der Waals surface area (Å²) in [5.41, 5.74) is 5.55. The summed E-state index contributed by atoms with van der Waals surface area (Å²) in [5, 5.41) is 5.25. The van der Waals surface area contributed by atoms with E-state index in [4.69, 9.17) is 4.98 Å². The smallest absolute Gasteiger partial charge is 0.278 e. The molecule has 6 nitrogen and oxygen atoms in total. The van der Waals surface area contributed by atoms with Gasteiger partial charge >= 0.3 is 0 Å². The number of thiazole rings is 1. The molecule has 3 aromatic heterocycles. The van der Waals surface area contributed by atoms with Gasteiger partial charge in [-0.2, -0.15) is 5.10 Å². The van der Waals surface area contributed by atoms with Crippen LogP contribution in [0.2, 0.25) is 0 Å². The lowest BCUT2D eigenvalue weighted by molar-refractivity contribution is 0.0979. The Labute approximate surface area is 180 Å². The Kier molecular flexibility index (Phi) is 5.39. The molecule has 0 radical (unpaired) electrons. The summed E-state index contributed by atoms with van der Waals surface area (Å²) in [4.78, 5) is 24.3. The van der Waals surface area contributed by atoms with Crippen molar-refractivity contribution in [1.82, 2.24) is 19.7 Å². The molecule has 0 spiro atoms. The molecule has 0 fully saturated rings. The molecule has 0 N–H and O–H groups in total. The zero-order valence-corrected chi connectivity index (χ0v) is 18.7. The van der Waals surface area contributed by atoms with E-state index in [9.17, 15) is 4.79 Å². The van der Waals surface area contributed by atoms with Crippen LogP contribution in [0.4, 0.5) is 5.13 Å². The SMILES string of the molecule is Cc1ccc(C)c2sc(N(Cc3cccnc3)C(=O)c3cc(C)n(C(C)C)n3)nc12. The highest BCUT2D eigenvalue weighted by molar-refractivity contribution is 7.22. The number of nitrogens with zero attached hydrogens (tertiary/aromatic N) is 5. The number of pyridine rings is 1. The fraction of sp³-hybridized carbons (Fsp3) is 0.304. The van der Waals surface area contributed by atoms with Crippen molar-refractivity contribution in [2.45, 2.75) is 47.2 Å². The van der Waals surface area contributed by atoms with Crippen molar-refractivity contribution in [1.29, 1.82) is 0 Å². The van der Waals surface area contributed by atoms with Crippen molar-refractivity contribution in [3.05, 3.63) is 70.8 Å². The summed E-state index contributed by atoms with van der Waals surface area (Å²) >= 11 is 1.54. The Bertz CT molecular complexity index is 1170. The molecule has 30 heavy (non-hydrogen) atoms. The molecule has 0 unspecified atom stereocenters. The number of anilines is 1. The number of aromatic nitrogens is 4. The maximum atomic E-state index is 13.6. The van der Waals surface area contributed by atoms with Gasteiger partial charge in [-0.25, -0.2) is 4.98 Å². The molecule has 0 aliphatic heterocycles. The third kappa shape index (κ3) is 3.73. The lowest BCUT2D eigenvalue weighted by Crippen LogP contribution is -2.31. The van der Waals surface area contributed by atoms with Crippen molar-refractivity contribution >= 4 is 32.6 Å². The zero-order valence-electron chi connectivity index (χ0n) is 17.9. The van der Waals surface area contributed by atoms with Crippen LogP contribution in [-0.2, 0) is 6.54 Å². The van der Waals surface area contributed by atoms with Crippen LogP contribution in [0, 0.1) is 20.8 Å². The van der Waals surface area contributed by atoms with E-state index in [1.54, 1.807) is 28.6 Å². The molecule has 1 aromatic carbocycles. The van der Waals surface area contributed by atoms with Gasteiger partial charge in [-0.1, -0.05) is 29.5 Å². The second-order valence-corrected chi connectivity index (χ2v) is 8.81. The molecule has 7 heteroatoms. The fourth-order valence-corrected chi connectivity index (χ4v) is 4.63. The van der Waals surface area contributed by atoms with Crippen LogP contribution in [0.15, 0.2) is 42.7 Å². The number of fused-ring (bicyclic) bond motifs is 1. The summed E-state index contributed by atoms with van der Waals surface area (Å²) in [6.45, 7) is 10.6. The molecule has 0 saturated carbocycles. The van der Waals surface area contributed by atoms with Gasteiger partial charge in [0.05, 0.1) is 16.8 Å². The molecule has 154 valence electrons. The number of aryl methyl sites for hydroxylation is 3. The molecular formula is C23H25N5OS. The number of carbonyl (C=O) groups is 1. The molecule has 3 heterocycles. The van der Waals surface area contributed by atoms with Gasteiger partial charge in [-0.05, 0) is 63.4 Å². The first-order valence-electron chi connectivity index (χ1n) is 9.99. The number of hydrogen-bond acceptors (Lipinski definition) is 5. The van der Waals surface area contributed by atoms with E-state index < -0.39 is 0 Å². The van der Waals surface area contributed by atoms with Crippen LogP contribution >= 0.6 is 11.3 Å². The molecule has 4 aromatic rings. The monoisotopic (exact) mass is 419 g/mol. The van der Waals surface area contributed by atoms with Crippen molar-refractivity contribution in [3.63, 3.8) is 0 Å². The van der Waals surface area contributed by atoms with E-state index in [0.717, 1.165) is 32.6 Å². The maximum Gasteiger partial charge on any atom is 0.280 e. The molecule has 0 aliphatic carbocycles. The molecule has 0 saturated heterocycles. The summed E-state index contributed by atoms with van der Waals surface area (Å²) in [6.07, 6.45) is 3.51. The van der Waals surface area contributed by atoms with Crippen molar-refractivity contribution in [2.24, 2.45) is 0 Å². The first-order chi connectivity index (χ1) is 14.3. The minimum absolute atomic E-state index is 0.157. The first kappa shape index (κ1) is 20.2. The minimum Gasteiger partial charge on any atom is -0.278 e. The third-order valence-corrected chi connectivity index (χ3v) is 6.31. The molecule has 0 aliphatic rings. The number of carbonyl (C=O) groups excluding carboxylic acids is 1. The highest BCUT2D eigenvalue weighted by Gasteiger charge is 2.25. The number of hydrogen-bond donors (Lipinski definition) is 0. The van der Waals surface area contributed by atoms with Gasteiger partial charge in [0.25, 0.3) is 5.91 Å². The number of rotatable bonds is 5. The van der Waals surface area contributed by atoms with Crippen LogP contribution in [-0.4, -0.2) is 25.7 Å². The average molecular weight is 420 g/mol. The van der Waals surface area contributed by atoms with Gasteiger partial charge < -0.3 is 0 Å². The largest absolute Gasteiger partial charge is 0.280 e. The van der Waals surface area contributed by atoms with Crippen molar-refractivity contribution in [3.8, 4) is 0 Å². The molecule has 1 amide bonds. The van der Waals surface area contributed by atoms with Crippen LogP contribution in [0.1, 0.15) is 52.8 Å². The highest BCUT2D eigenvalue weighted by Crippen LogP contribution is 2.34. The minimum atomic E-state index is -0.157. The van der Waals surface area contributed by atoms with Gasteiger partial charge in [0.2, 0.25) is 0 Å².